The first-order valence-electron chi connectivity index (χ1n) is 6.64. The number of hydrogen-bond acceptors (Lipinski definition) is 2. The summed E-state index contributed by atoms with van der Waals surface area (Å²) in [6, 6.07) is 5.09. The summed E-state index contributed by atoms with van der Waals surface area (Å²) < 4.78 is 39.3. The predicted molar refractivity (Wildman–Crippen MR) is 66.7 cm³/mol. The number of hydrogen-bond donors (Lipinski definition) is 1. The van der Waals surface area contributed by atoms with E-state index >= 15 is 0 Å². The summed E-state index contributed by atoms with van der Waals surface area (Å²) in [6.45, 7) is 1.69. The van der Waals surface area contributed by atoms with Crippen molar-refractivity contribution in [1.82, 2.24) is 10.2 Å². The molecule has 1 saturated heterocycles. The molecule has 108 valence electrons. The van der Waals surface area contributed by atoms with Crippen molar-refractivity contribution in [3.05, 3.63) is 35.4 Å². The molecule has 0 aromatic heterocycles. The standard InChI is InChI=1S/C14H15F3N2O/c1-8-13(20)19(9-6-7-9)12(18-8)10-4-2-3-5-11(10)14(15,16)17/h2-5,8-9,12,18H,6-7H2,1H3. The molecule has 1 saturated carbocycles. The fourth-order valence-corrected chi connectivity index (χ4v) is 2.72. The highest BCUT2D eigenvalue weighted by Gasteiger charge is 2.47. The molecule has 1 amide bonds. The van der Waals surface area contributed by atoms with Gasteiger partial charge in [-0.3, -0.25) is 10.1 Å². The van der Waals surface area contributed by atoms with Crippen molar-refractivity contribution < 1.29 is 18.0 Å². The molecule has 3 rings (SSSR count). The third-order valence-electron chi connectivity index (χ3n) is 3.81. The molecular weight excluding hydrogens is 269 g/mol. The van der Waals surface area contributed by atoms with Crippen LogP contribution in [0.4, 0.5) is 13.2 Å². The molecule has 2 aliphatic rings. The van der Waals surface area contributed by atoms with Crippen LogP contribution < -0.4 is 5.32 Å². The van der Waals surface area contributed by atoms with Crippen molar-refractivity contribution in [2.75, 3.05) is 0 Å². The maximum absolute atomic E-state index is 13.1. The van der Waals surface area contributed by atoms with Crippen molar-refractivity contribution in [3.8, 4) is 0 Å². The minimum Gasteiger partial charge on any atom is -0.319 e. The number of rotatable bonds is 2. The van der Waals surface area contributed by atoms with Gasteiger partial charge in [0.25, 0.3) is 0 Å². The summed E-state index contributed by atoms with van der Waals surface area (Å²) in [5.74, 6) is -0.116. The number of benzene rings is 1. The number of carbonyl (C=O) groups excluding carboxylic acids is 1. The van der Waals surface area contributed by atoms with Crippen LogP contribution >= 0.6 is 0 Å². The van der Waals surface area contributed by atoms with E-state index in [9.17, 15) is 18.0 Å². The second-order valence-electron chi connectivity index (χ2n) is 5.35. The smallest absolute Gasteiger partial charge is 0.319 e. The van der Waals surface area contributed by atoms with E-state index in [2.05, 4.69) is 5.32 Å². The molecule has 1 aromatic carbocycles. The Kier molecular flexibility index (Phi) is 3.01. The first-order valence-corrected chi connectivity index (χ1v) is 6.64. The van der Waals surface area contributed by atoms with Crippen LogP contribution in [0.1, 0.15) is 37.1 Å². The second kappa shape index (κ2) is 4.48. The summed E-state index contributed by atoms with van der Waals surface area (Å²) >= 11 is 0. The van der Waals surface area contributed by atoms with E-state index in [1.165, 1.54) is 12.1 Å². The highest BCUT2D eigenvalue weighted by molar-refractivity contribution is 5.84. The van der Waals surface area contributed by atoms with Gasteiger partial charge in [0.05, 0.1) is 11.6 Å². The Hall–Kier alpha value is -1.56. The lowest BCUT2D eigenvalue weighted by Crippen LogP contribution is -2.33. The Bertz CT molecular complexity index is 539. The van der Waals surface area contributed by atoms with Crippen LogP contribution in [0.25, 0.3) is 0 Å². The van der Waals surface area contributed by atoms with Crippen LogP contribution in [0.2, 0.25) is 0 Å². The fourth-order valence-electron chi connectivity index (χ4n) is 2.72. The predicted octanol–water partition coefficient (Wildman–Crippen LogP) is 2.69. The van der Waals surface area contributed by atoms with Crippen molar-refractivity contribution in [1.29, 1.82) is 0 Å². The molecule has 2 atom stereocenters. The van der Waals surface area contributed by atoms with Crippen molar-refractivity contribution in [3.63, 3.8) is 0 Å². The Morgan fingerprint density at radius 1 is 1.25 bits per heavy atom. The lowest BCUT2D eigenvalue weighted by molar-refractivity contribution is -0.140. The van der Waals surface area contributed by atoms with E-state index in [0.29, 0.717) is 0 Å². The summed E-state index contributed by atoms with van der Waals surface area (Å²) in [5.41, 5.74) is -0.547. The van der Waals surface area contributed by atoms with Gasteiger partial charge in [-0.25, -0.2) is 0 Å². The maximum Gasteiger partial charge on any atom is 0.416 e. The molecule has 1 heterocycles. The first kappa shape index (κ1) is 13.4. The molecule has 1 aliphatic carbocycles. The van der Waals surface area contributed by atoms with Crippen molar-refractivity contribution in [2.24, 2.45) is 0 Å². The molecule has 0 bridgehead atoms. The molecule has 3 nitrogen and oxygen atoms in total. The first-order chi connectivity index (χ1) is 9.39. The van der Waals surface area contributed by atoms with E-state index in [4.69, 9.17) is 0 Å². The zero-order valence-electron chi connectivity index (χ0n) is 10.9. The minimum atomic E-state index is -4.41. The van der Waals surface area contributed by atoms with Gasteiger partial charge in [0.2, 0.25) is 5.91 Å². The van der Waals surface area contributed by atoms with Crippen LogP contribution in [0.5, 0.6) is 0 Å². The molecule has 1 aliphatic heterocycles. The van der Waals surface area contributed by atoms with Crippen LogP contribution in [0, 0.1) is 0 Å². The van der Waals surface area contributed by atoms with Gasteiger partial charge in [0.15, 0.2) is 0 Å². The van der Waals surface area contributed by atoms with Gasteiger partial charge in [-0.05, 0) is 25.8 Å². The lowest BCUT2D eigenvalue weighted by Gasteiger charge is -2.26. The molecule has 1 aromatic rings. The SMILES string of the molecule is CC1NC(c2ccccc2C(F)(F)F)N(C2CC2)C1=O. The average Bonchev–Trinajstić information content (AvgIpc) is 3.17. The Labute approximate surface area is 114 Å². The number of nitrogens with zero attached hydrogens (tertiary/aromatic N) is 1. The number of carbonyl (C=O) groups is 1. The van der Waals surface area contributed by atoms with E-state index in [1.54, 1.807) is 17.9 Å². The van der Waals surface area contributed by atoms with Gasteiger partial charge < -0.3 is 4.90 Å². The number of halogens is 3. The van der Waals surface area contributed by atoms with E-state index in [1.807, 2.05) is 0 Å². The fraction of sp³-hybridized carbons (Fsp3) is 0.500. The zero-order valence-corrected chi connectivity index (χ0v) is 10.9. The molecule has 2 fully saturated rings. The van der Waals surface area contributed by atoms with Gasteiger partial charge in [0.1, 0.15) is 6.17 Å². The maximum atomic E-state index is 13.1. The minimum absolute atomic E-state index is 0.0752. The van der Waals surface area contributed by atoms with Gasteiger partial charge in [-0.1, -0.05) is 18.2 Å². The van der Waals surface area contributed by atoms with Crippen molar-refractivity contribution >= 4 is 5.91 Å². The monoisotopic (exact) mass is 284 g/mol. The number of nitrogens with one attached hydrogen (secondary N) is 1. The molecule has 2 unspecified atom stereocenters. The summed E-state index contributed by atoms with van der Waals surface area (Å²) in [6.07, 6.45) is -3.36. The quantitative estimate of drug-likeness (QED) is 0.905. The lowest BCUT2D eigenvalue weighted by atomic mass is 10.0. The van der Waals surface area contributed by atoms with Gasteiger partial charge in [0, 0.05) is 11.6 Å². The largest absolute Gasteiger partial charge is 0.416 e. The number of alkyl halides is 3. The second-order valence-corrected chi connectivity index (χ2v) is 5.35. The topological polar surface area (TPSA) is 32.3 Å². The Balaban J connectivity index is 2.02. The zero-order chi connectivity index (χ0) is 14.5. The van der Waals surface area contributed by atoms with Gasteiger partial charge >= 0.3 is 6.18 Å². The van der Waals surface area contributed by atoms with Crippen LogP contribution in [0.15, 0.2) is 24.3 Å². The molecule has 6 heteroatoms. The van der Waals surface area contributed by atoms with Gasteiger partial charge in [-0.2, -0.15) is 13.2 Å². The summed E-state index contributed by atoms with van der Waals surface area (Å²) in [4.78, 5) is 13.7. The number of amides is 1. The average molecular weight is 284 g/mol. The third-order valence-corrected chi connectivity index (χ3v) is 3.81. The molecule has 1 N–H and O–H groups in total. The summed E-state index contributed by atoms with van der Waals surface area (Å²) in [7, 11) is 0. The normalized spacial score (nSPS) is 27.2. The van der Waals surface area contributed by atoms with E-state index in [-0.39, 0.29) is 17.5 Å². The molecule has 0 spiro atoms. The van der Waals surface area contributed by atoms with Gasteiger partial charge in [-0.15, -0.1) is 0 Å². The molecule has 20 heavy (non-hydrogen) atoms. The van der Waals surface area contributed by atoms with E-state index < -0.39 is 23.9 Å². The highest BCUT2D eigenvalue weighted by Crippen LogP contribution is 2.41. The highest BCUT2D eigenvalue weighted by atomic mass is 19.4. The Morgan fingerprint density at radius 2 is 1.90 bits per heavy atom. The van der Waals surface area contributed by atoms with Crippen LogP contribution in [-0.4, -0.2) is 22.9 Å². The van der Waals surface area contributed by atoms with Crippen LogP contribution in [-0.2, 0) is 11.0 Å². The Morgan fingerprint density at radius 3 is 2.50 bits per heavy atom. The molecule has 0 radical (unpaired) electrons. The summed E-state index contributed by atoms with van der Waals surface area (Å²) in [5, 5.41) is 2.98. The van der Waals surface area contributed by atoms with E-state index in [0.717, 1.165) is 18.9 Å². The van der Waals surface area contributed by atoms with Crippen molar-refractivity contribution in [2.45, 2.75) is 44.2 Å². The third kappa shape index (κ3) is 2.18. The van der Waals surface area contributed by atoms with Crippen LogP contribution in [0.3, 0.4) is 0 Å². The molecular formula is C14H15F3N2O.